The zero-order chi connectivity index (χ0) is 16.8. The van der Waals surface area contributed by atoms with Crippen molar-refractivity contribution in [3.05, 3.63) is 0 Å². The first-order chi connectivity index (χ1) is 10.8. The molecule has 1 saturated carbocycles. The van der Waals surface area contributed by atoms with E-state index >= 15 is 0 Å². The highest BCUT2D eigenvalue weighted by atomic mass is 32.3. The molecule has 5 unspecified atom stereocenters. The fraction of sp³-hybridized carbons (Fsp3) is 0.909. The van der Waals surface area contributed by atoms with E-state index in [4.69, 9.17) is 9.39 Å². The molecular weight excluding hydrogens is 332 g/mol. The molecule has 0 aromatic carbocycles. The molecule has 2 amide bonds. The SMILES string of the molecule is CNCCONC(O)C1C2CC2C2CN1C(=O)N2OS(=O)(=O)O. The van der Waals surface area contributed by atoms with Crippen LogP contribution in [0.5, 0.6) is 0 Å². The molecule has 0 radical (unpaired) electrons. The van der Waals surface area contributed by atoms with Crippen LogP contribution in [0.25, 0.3) is 0 Å². The molecule has 5 atom stereocenters. The van der Waals surface area contributed by atoms with Gasteiger partial charge in [-0.3, -0.25) is 9.39 Å². The molecule has 11 nitrogen and oxygen atoms in total. The van der Waals surface area contributed by atoms with Crippen LogP contribution in [-0.2, 0) is 19.5 Å². The van der Waals surface area contributed by atoms with Gasteiger partial charge in [-0.15, -0.1) is 4.28 Å². The zero-order valence-corrected chi connectivity index (χ0v) is 13.3. The van der Waals surface area contributed by atoms with E-state index in [1.165, 1.54) is 4.90 Å². The quantitative estimate of drug-likeness (QED) is 0.167. The Morgan fingerprint density at radius 2 is 2.17 bits per heavy atom. The molecule has 0 spiro atoms. The van der Waals surface area contributed by atoms with Crippen LogP contribution in [0.2, 0.25) is 0 Å². The first-order valence-corrected chi connectivity index (χ1v) is 8.67. The van der Waals surface area contributed by atoms with Crippen molar-refractivity contribution in [1.29, 1.82) is 0 Å². The number of carbonyl (C=O) groups excluding carboxylic acids is 1. The van der Waals surface area contributed by atoms with Gasteiger partial charge in [0.2, 0.25) is 0 Å². The summed E-state index contributed by atoms with van der Waals surface area (Å²) in [4.78, 5) is 18.8. The second-order valence-corrected chi connectivity index (χ2v) is 6.90. The maximum atomic E-state index is 12.3. The molecule has 3 rings (SSSR count). The van der Waals surface area contributed by atoms with E-state index in [0.717, 1.165) is 6.42 Å². The van der Waals surface area contributed by atoms with Crippen LogP contribution in [0.1, 0.15) is 6.42 Å². The van der Waals surface area contributed by atoms with Gasteiger partial charge in [0.05, 0.1) is 18.7 Å². The Morgan fingerprint density at radius 3 is 2.83 bits per heavy atom. The number of carbonyl (C=O) groups is 1. The standard InChI is InChI=1S/C11H20N4O7S/c1-12-2-3-21-13-10(16)9-7-4-6(7)8-5-14(9)11(17)15(8)22-23(18,19)20/h6-10,12-13,16H,2-5H2,1H3,(H,18,19,20). The number of aliphatic hydroxyl groups excluding tert-OH is 1. The average molecular weight is 352 g/mol. The van der Waals surface area contributed by atoms with E-state index in [1.54, 1.807) is 7.05 Å². The number of amides is 2. The highest BCUT2D eigenvalue weighted by Gasteiger charge is 2.64. The first kappa shape index (κ1) is 16.8. The van der Waals surface area contributed by atoms with Gasteiger partial charge in [-0.2, -0.15) is 19.0 Å². The molecule has 2 heterocycles. The Morgan fingerprint density at radius 1 is 1.43 bits per heavy atom. The molecule has 3 fully saturated rings. The molecule has 4 N–H and O–H groups in total. The number of hydrogen-bond acceptors (Lipinski definition) is 8. The summed E-state index contributed by atoms with van der Waals surface area (Å²) in [6, 6.07) is -1.67. The minimum atomic E-state index is -4.77. The van der Waals surface area contributed by atoms with Crippen LogP contribution in [0, 0.1) is 11.8 Å². The Balaban J connectivity index is 1.66. The first-order valence-electron chi connectivity index (χ1n) is 7.30. The maximum Gasteiger partial charge on any atom is 0.418 e. The van der Waals surface area contributed by atoms with E-state index < -0.39 is 34.7 Å². The van der Waals surface area contributed by atoms with E-state index in [9.17, 15) is 18.3 Å². The lowest BCUT2D eigenvalue weighted by molar-refractivity contribution is -0.0907. The molecule has 132 valence electrons. The van der Waals surface area contributed by atoms with Crippen molar-refractivity contribution >= 4 is 16.4 Å². The number of likely N-dealkylation sites (N-methyl/N-ethyl adjacent to an activating group) is 1. The number of nitrogens with one attached hydrogen (secondary N) is 2. The van der Waals surface area contributed by atoms with Crippen molar-refractivity contribution in [1.82, 2.24) is 20.8 Å². The summed E-state index contributed by atoms with van der Waals surface area (Å²) >= 11 is 0. The molecule has 0 aromatic heterocycles. The Labute approximate surface area is 133 Å². The number of fused-ring (bicyclic) bond motifs is 4. The van der Waals surface area contributed by atoms with E-state index in [2.05, 4.69) is 15.1 Å². The minimum Gasteiger partial charge on any atom is -0.374 e. The topological polar surface area (TPSA) is 141 Å². The Bertz CT molecular complexity index is 573. The van der Waals surface area contributed by atoms with Crippen molar-refractivity contribution in [2.24, 2.45) is 11.8 Å². The van der Waals surface area contributed by atoms with Crippen molar-refractivity contribution in [3.63, 3.8) is 0 Å². The number of hydrogen-bond donors (Lipinski definition) is 4. The van der Waals surface area contributed by atoms with Crippen molar-refractivity contribution < 1.29 is 32.0 Å². The predicted molar refractivity (Wildman–Crippen MR) is 74.8 cm³/mol. The molecule has 1 aliphatic carbocycles. The van der Waals surface area contributed by atoms with Gasteiger partial charge in [0.15, 0.2) is 0 Å². The second-order valence-electron chi connectivity index (χ2n) is 5.90. The normalized spacial score (nSPS) is 33.8. The van der Waals surface area contributed by atoms with Gasteiger partial charge in [0.25, 0.3) is 0 Å². The van der Waals surface area contributed by atoms with Crippen molar-refractivity contribution in [2.45, 2.75) is 24.7 Å². The molecular formula is C11H20N4O7S. The fourth-order valence-electron chi connectivity index (χ4n) is 3.44. The summed E-state index contributed by atoms with van der Waals surface area (Å²) in [7, 11) is -3.01. The summed E-state index contributed by atoms with van der Waals surface area (Å²) in [5.74, 6) is 0.0568. The largest absolute Gasteiger partial charge is 0.418 e. The zero-order valence-electron chi connectivity index (χ0n) is 12.5. The van der Waals surface area contributed by atoms with Gasteiger partial charge in [0, 0.05) is 13.1 Å². The highest BCUT2D eigenvalue weighted by molar-refractivity contribution is 7.80. The fourth-order valence-corrected chi connectivity index (χ4v) is 3.82. The second kappa shape index (κ2) is 6.12. The Hall–Kier alpha value is -1.02. The summed E-state index contributed by atoms with van der Waals surface area (Å²) in [6.45, 7) is 1.16. The highest BCUT2D eigenvalue weighted by Crippen LogP contribution is 2.54. The molecule has 2 aliphatic heterocycles. The maximum absolute atomic E-state index is 12.3. The van der Waals surface area contributed by atoms with Crippen molar-refractivity contribution in [3.8, 4) is 0 Å². The lowest BCUT2D eigenvalue weighted by Gasteiger charge is -2.33. The van der Waals surface area contributed by atoms with Gasteiger partial charge >= 0.3 is 16.4 Å². The van der Waals surface area contributed by atoms with Crippen LogP contribution < -0.4 is 10.8 Å². The number of hydroxylamine groups is 3. The van der Waals surface area contributed by atoms with Crippen LogP contribution >= 0.6 is 0 Å². The third-order valence-corrected chi connectivity index (χ3v) is 4.81. The summed E-state index contributed by atoms with van der Waals surface area (Å²) in [5.41, 5.74) is 2.51. The van der Waals surface area contributed by atoms with Crippen LogP contribution in [0.4, 0.5) is 4.79 Å². The lowest BCUT2D eigenvalue weighted by atomic mass is 10.00. The summed E-state index contributed by atoms with van der Waals surface area (Å²) in [5, 5.41) is 13.8. The molecule has 12 heteroatoms. The van der Waals surface area contributed by atoms with Gasteiger partial charge in [-0.1, -0.05) is 0 Å². The third-order valence-electron chi connectivity index (χ3n) is 4.46. The van der Waals surface area contributed by atoms with E-state index in [0.29, 0.717) is 18.2 Å². The molecule has 2 bridgehead atoms. The average Bonchev–Trinajstić information content (AvgIpc) is 3.21. The van der Waals surface area contributed by atoms with Gasteiger partial charge in [-0.25, -0.2) is 4.79 Å². The molecule has 3 aliphatic rings. The molecule has 23 heavy (non-hydrogen) atoms. The predicted octanol–water partition coefficient (Wildman–Crippen LogP) is -2.10. The smallest absolute Gasteiger partial charge is 0.374 e. The van der Waals surface area contributed by atoms with Gasteiger partial charge in [0.1, 0.15) is 6.23 Å². The van der Waals surface area contributed by atoms with Gasteiger partial charge in [-0.05, 0) is 25.3 Å². The van der Waals surface area contributed by atoms with Crippen molar-refractivity contribution in [2.75, 3.05) is 26.7 Å². The van der Waals surface area contributed by atoms with Crippen LogP contribution in [0.3, 0.4) is 0 Å². The number of rotatable bonds is 8. The van der Waals surface area contributed by atoms with E-state index in [-0.39, 0.29) is 18.4 Å². The van der Waals surface area contributed by atoms with Gasteiger partial charge < -0.3 is 15.3 Å². The van der Waals surface area contributed by atoms with E-state index in [1.807, 2.05) is 0 Å². The Kier molecular flexibility index (Phi) is 4.48. The summed E-state index contributed by atoms with van der Waals surface area (Å²) in [6.07, 6.45) is -0.364. The van der Waals surface area contributed by atoms with Crippen LogP contribution in [-0.4, -0.2) is 79.1 Å². The monoisotopic (exact) mass is 352 g/mol. The third kappa shape index (κ3) is 3.28. The minimum absolute atomic E-state index is 0.0261. The van der Waals surface area contributed by atoms with Crippen LogP contribution in [0.15, 0.2) is 0 Å². The number of aliphatic hydroxyl groups is 1. The summed E-state index contributed by atoms with van der Waals surface area (Å²) < 4.78 is 35.0. The molecule has 0 aromatic rings. The number of urea groups is 1. The number of nitrogens with zero attached hydrogens (tertiary/aromatic N) is 2. The lowest BCUT2D eigenvalue weighted by Crippen LogP contribution is -2.54. The number of piperidine rings is 1. The molecule has 2 saturated heterocycles.